The van der Waals surface area contributed by atoms with E-state index in [-0.39, 0.29) is 10.5 Å². The van der Waals surface area contributed by atoms with Crippen molar-refractivity contribution >= 4 is 26.6 Å². The molecule has 2 aromatic heterocycles. The van der Waals surface area contributed by atoms with Crippen LogP contribution in [0.3, 0.4) is 0 Å². The third kappa shape index (κ3) is 3.25. The fourth-order valence-corrected chi connectivity index (χ4v) is 3.99. The molecule has 8 heteroatoms. The van der Waals surface area contributed by atoms with Crippen LogP contribution in [0.1, 0.15) is 5.82 Å². The summed E-state index contributed by atoms with van der Waals surface area (Å²) in [4.78, 5) is 21.3. The fraction of sp³-hybridized carbons (Fsp3) is 0.0500. The van der Waals surface area contributed by atoms with Crippen molar-refractivity contribution in [1.82, 2.24) is 14.5 Å². The molecule has 0 unspecified atom stereocenters. The largest absolute Gasteiger partial charge is 0.280 e. The summed E-state index contributed by atoms with van der Waals surface area (Å²) in [5.74, 6) is 0.510. The summed E-state index contributed by atoms with van der Waals surface area (Å²) in [6.45, 7) is 1.74. The molecule has 7 nitrogen and oxygen atoms in total. The Morgan fingerprint density at radius 1 is 1.00 bits per heavy atom. The van der Waals surface area contributed by atoms with Crippen molar-refractivity contribution in [1.29, 1.82) is 0 Å². The van der Waals surface area contributed by atoms with Gasteiger partial charge < -0.3 is 0 Å². The number of aromatic nitrogens is 3. The molecule has 2 aromatic carbocycles. The first-order valence-electron chi connectivity index (χ1n) is 8.47. The molecule has 0 saturated carbocycles. The summed E-state index contributed by atoms with van der Waals surface area (Å²) >= 11 is 0. The van der Waals surface area contributed by atoms with Gasteiger partial charge in [0.2, 0.25) is 0 Å². The molecule has 0 spiro atoms. The number of rotatable bonds is 4. The highest BCUT2D eigenvalue weighted by Gasteiger charge is 2.15. The van der Waals surface area contributed by atoms with Gasteiger partial charge in [0, 0.05) is 12.4 Å². The first-order valence-corrected chi connectivity index (χ1v) is 9.96. The molecule has 140 valence electrons. The number of fused-ring (bicyclic) bond motifs is 1. The highest BCUT2D eigenvalue weighted by atomic mass is 32.2. The number of nitrogens with zero attached hydrogens (tertiary/aromatic N) is 3. The van der Waals surface area contributed by atoms with E-state index in [2.05, 4.69) is 14.7 Å². The zero-order valence-corrected chi connectivity index (χ0v) is 15.7. The maximum Gasteiger partial charge on any atom is 0.265 e. The normalized spacial score (nSPS) is 11.5. The van der Waals surface area contributed by atoms with Crippen LogP contribution in [0.2, 0.25) is 0 Å². The predicted octanol–water partition coefficient (Wildman–Crippen LogP) is 2.89. The molecule has 0 atom stereocenters. The van der Waals surface area contributed by atoms with Crippen LogP contribution in [0.4, 0.5) is 5.69 Å². The van der Waals surface area contributed by atoms with Crippen LogP contribution in [0.25, 0.3) is 16.6 Å². The summed E-state index contributed by atoms with van der Waals surface area (Å²) in [6.07, 6.45) is 2.77. The second kappa shape index (κ2) is 6.90. The molecular weight excluding hydrogens is 376 g/mol. The molecule has 28 heavy (non-hydrogen) atoms. The molecule has 0 amide bonds. The molecule has 4 rings (SSSR count). The summed E-state index contributed by atoms with van der Waals surface area (Å²) < 4.78 is 29.0. The van der Waals surface area contributed by atoms with Gasteiger partial charge in [0.25, 0.3) is 15.6 Å². The average Bonchev–Trinajstić information content (AvgIpc) is 2.69. The Morgan fingerprint density at radius 2 is 1.82 bits per heavy atom. The van der Waals surface area contributed by atoms with Crippen LogP contribution in [0, 0.1) is 6.92 Å². The zero-order chi connectivity index (χ0) is 19.7. The zero-order valence-electron chi connectivity index (χ0n) is 14.9. The smallest absolute Gasteiger partial charge is 0.265 e. The SMILES string of the molecule is Cc1nc2ccccc2c(=O)n1-c1cccc(NS(=O)(=O)c2cccnc2)c1. The third-order valence-electron chi connectivity index (χ3n) is 4.24. The summed E-state index contributed by atoms with van der Waals surface area (Å²) in [7, 11) is -3.78. The minimum absolute atomic E-state index is 0.0566. The molecule has 0 aliphatic rings. The van der Waals surface area contributed by atoms with Gasteiger partial charge in [-0.25, -0.2) is 13.4 Å². The Labute approximate surface area is 161 Å². The van der Waals surface area contributed by atoms with Crippen LogP contribution >= 0.6 is 0 Å². The number of pyridine rings is 1. The van der Waals surface area contributed by atoms with E-state index in [1.807, 2.05) is 6.07 Å². The van der Waals surface area contributed by atoms with E-state index in [1.165, 1.54) is 23.0 Å². The van der Waals surface area contributed by atoms with E-state index in [0.29, 0.717) is 28.1 Å². The molecule has 1 N–H and O–H groups in total. The summed E-state index contributed by atoms with van der Waals surface area (Å²) in [5.41, 5.74) is 1.26. The van der Waals surface area contributed by atoms with Crippen molar-refractivity contribution in [2.24, 2.45) is 0 Å². The molecule has 0 fully saturated rings. The van der Waals surface area contributed by atoms with Gasteiger partial charge in [-0.15, -0.1) is 0 Å². The lowest BCUT2D eigenvalue weighted by molar-refractivity contribution is 0.601. The van der Waals surface area contributed by atoms with Crippen LogP contribution < -0.4 is 10.3 Å². The number of anilines is 1. The van der Waals surface area contributed by atoms with Gasteiger partial charge in [0.05, 0.1) is 22.3 Å². The van der Waals surface area contributed by atoms with Crippen molar-refractivity contribution < 1.29 is 8.42 Å². The number of hydrogen-bond acceptors (Lipinski definition) is 5. The number of aryl methyl sites for hydroxylation is 1. The lowest BCUT2D eigenvalue weighted by atomic mass is 10.2. The predicted molar refractivity (Wildman–Crippen MR) is 107 cm³/mol. The molecule has 4 aromatic rings. The quantitative estimate of drug-likeness (QED) is 0.576. The van der Waals surface area contributed by atoms with Crippen molar-refractivity contribution in [3.05, 3.63) is 89.2 Å². The summed E-state index contributed by atoms with van der Waals surface area (Å²) in [5, 5.41) is 0.495. The van der Waals surface area contributed by atoms with Gasteiger partial charge in [0.1, 0.15) is 10.7 Å². The minimum Gasteiger partial charge on any atom is -0.280 e. The third-order valence-corrected chi connectivity index (χ3v) is 5.61. The monoisotopic (exact) mass is 392 g/mol. The molecule has 0 radical (unpaired) electrons. The maximum absolute atomic E-state index is 12.9. The van der Waals surface area contributed by atoms with Gasteiger partial charge in [0.15, 0.2) is 0 Å². The van der Waals surface area contributed by atoms with Crippen molar-refractivity contribution in [2.45, 2.75) is 11.8 Å². The van der Waals surface area contributed by atoms with Crippen LogP contribution in [-0.4, -0.2) is 23.0 Å². The van der Waals surface area contributed by atoms with E-state index >= 15 is 0 Å². The molecule has 0 aliphatic carbocycles. The first kappa shape index (κ1) is 17.9. The Kier molecular flexibility index (Phi) is 4.40. The van der Waals surface area contributed by atoms with Gasteiger partial charge in [-0.05, 0) is 49.4 Å². The fourth-order valence-electron chi connectivity index (χ4n) is 2.98. The topological polar surface area (TPSA) is 94.0 Å². The number of para-hydroxylation sites is 1. The highest BCUT2D eigenvalue weighted by molar-refractivity contribution is 7.92. The van der Waals surface area contributed by atoms with E-state index in [9.17, 15) is 13.2 Å². The van der Waals surface area contributed by atoms with E-state index in [1.54, 1.807) is 55.5 Å². The van der Waals surface area contributed by atoms with Gasteiger partial charge >= 0.3 is 0 Å². The molecule has 2 heterocycles. The highest BCUT2D eigenvalue weighted by Crippen LogP contribution is 2.19. The second-order valence-corrected chi connectivity index (χ2v) is 7.84. The Bertz CT molecular complexity index is 1330. The number of hydrogen-bond donors (Lipinski definition) is 1. The number of nitrogens with one attached hydrogen (secondary N) is 1. The van der Waals surface area contributed by atoms with Crippen molar-refractivity contribution in [3.63, 3.8) is 0 Å². The minimum atomic E-state index is -3.78. The van der Waals surface area contributed by atoms with E-state index < -0.39 is 10.0 Å². The molecule has 0 aliphatic heterocycles. The molecule has 0 saturated heterocycles. The summed E-state index contributed by atoms with van der Waals surface area (Å²) in [6, 6.07) is 16.7. The van der Waals surface area contributed by atoms with E-state index in [0.717, 1.165) is 0 Å². The van der Waals surface area contributed by atoms with Gasteiger partial charge in [-0.2, -0.15) is 0 Å². The second-order valence-electron chi connectivity index (χ2n) is 6.16. The number of benzene rings is 2. The molecule has 0 bridgehead atoms. The van der Waals surface area contributed by atoms with Gasteiger partial charge in [-0.1, -0.05) is 18.2 Å². The Balaban J connectivity index is 1.78. The van der Waals surface area contributed by atoms with Crippen LogP contribution in [0.15, 0.2) is 82.7 Å². The van der Waals surface area contributed by atoms with Crippen molar-refractivity contribution in [2.75, 3.05) is 4.72 Å². The lowest BCUT2D eigenvalue weighted by Gasteiger charge is -2.13. The first-order chi connectivity index (χ1) is 13.5. The molecular formula is C20H16N4O3S. The maximum atomic E-state index is 12.9. The van der Waals surface area contributed by atoms with E-state index in [4.69, 9.17) is 0 Å². The Morgan fingerprint density at radius 3 is 2.61 bits per heavy atom. The average molecular weight is 392 g/mol. The standard InChI is InChI=1S/C20H16N4O3S/c1-14-22-19-10-3-2-9-18(19)20(25)24(14)16-7-4-6-15(12-16)23-28(26,27)17-8-5-11-21-13-17/h2-13,23H,1H3. The van der Waals surface area contributed by atoms with Crippen LogP contribution in [0.5, 0.6) is 0 Å². The van der Waals surface area contributed by atoms with Crippen LogP contribution in [-0.2, 0) is 10.0 Å². The van der Waals surface area contributed by atoms with Crippen molar-refractivity contribution in [3.8, 4) is 5.69 Å². The Hall–Kier alpha value is -3.52. The number of sulfonamides is 1. The lowest BCUT2D eigenvalue weighted by Crippen LogP contribution is -2.22. The van der Waals surface area contributed by atoms with Gasteiger partial charge in [-0.3, -0.25) is 19.1 Å².